The molecule has 1 aliphatic carbocycles. The summed E-state index contributed by atoms with van der Waals surface area (Å²) in [7, 11) is -2.34. The molecule has 0 heterocycles. The largest absolute Gasteiger partial charge is 0.413 e. The Morgan fingerprint density at radius 1 is 1.18 bits per heavy atom. The van der Waals surface area contributed by atoms with E-state index in [4.69, 9.17) is 9.59 Å². The molecule has 0 amide bonds. The Morgan fingerprint density at radius 3 is 2.18 bits per heavy atom. The van der Waals surface area contributed by atoms with E-state index >= 15 is 0 Å². The summed E-state index contributed by atoms with van der Waals surface area (Å²) in [6, 6.07) is 0. The van der Waals surface area contributed by atoms with Gasteiger partial charge in [0.15, 0.2) is 0 Å². The Bertz CT molecular complexity index is 111. The molecule has 1 saturated carbocycles. The van der Waals surface area contributed by atoms with Gasteiger partial charge in [0.1, 0.15) is 0 Å². The van der Waals surface area contributed by atoms with Crippen molar-refractivity contribution in [2.24, 2.45) is 5.92 Å². The second-order valence-electron chi connectivity index (χ2n) is 3.67. The van der Waals surface area contributed by atoms with Crippen LogP contribution in [-0.4, -0.2) is 18.9 Å². The van der Waals surface area contributed by atoms with Gasteiger partial charge >= 0.3 is 9.28 Å². The highest BCUT2D eigenvalue weighted by Gasteiger charge is 2.25. The van der Waals surface area contributed by atoms with Crippen LogP contribution in [0.25, 0.3) is 0 Å². The van der Waals surface area contributed by atoms with E-state index in [1.165, 1.54) is 32.1 Å². The monoisotopic (exact) mass is 174 g/mol. The highest BCUT2D eigenvalue weighted by atomic mass is 28.3. The molecule has 11 heavy (non-hydrogen) atoms. The van der Waals surface area contributed by atoms with Crippen molar-refractivity contribution in [3.63, 3.8) is 0 Å². The maximum atomic E-state index is 9.07. The zero-order valence-corrected chi connectivity index (χ0v) is 8.32. The molecule has 0 aromatic heterocycles. The molecule has 0 bridgehead atoms. The minimum Gasteiger partial charge on any atom is -0.413 e. The van der Waals surface area contributed by atoms with Crippen LogP contribution in [-0.2, 0) is 0 Å². The lowest BCUT2D eigenvalue weighted by Crippen LogP contribution is -2.26. The second-order valence-corrected chi connectivity index (χ2v) is 5.55. The van der Waals surface area contributed by atoms with Gasteiger partial charge in [-0.2, -0.15) is 0 Å². The van der Waals surface area contributed by atoms with E-state index in [0.29, 0.717) is 5.92 Å². The molecule has 0 saturated heterocycles. The molecule has 0 aromatic carbocycles. The molecule has 0 aliphatic heterocycles. The highest BCUT2D eigenvalue weighted by Crippen LogP contribution is 2.33. The third-order valence-electron chi connectivity index (χ3n) is 2.86. The number of hydrogen-bond donors (Lipinski definition) is 2. The summed E-state index contributed by atoms with van der Waals surface area (Å²) < 4.78 is 0. The van der Waals surface area contributed by atoms with Gasteiger partial charge < -0.3 is 9.59 Å². The van der Waals surface area contributed by atoms with Crippen molar-refractivity contribution in [3.8, 4) is 0 Å². The van der Waals surface area contributed by atoms with Crippen LogP contribution in [0, 0.1) is 5.92 Å². The molecule has 66 valence electrons. The summed E-state index contributed by atoms with van der Waals surface area (Å²) >= 11 is 0. The predicted molar refractivity (Wildman–Crippen MR) is 47.6 cm³/mol. The van der Waals surface area contributed by atoms with Crippen LogP contribution in [0.1, 0.15) is 39.0 Å². The van der Waals surface area contributed by atoms with E-state index < -0.39 is 9.28 Å². The molecular formula is C8H18O2Si. The molecule has 0 radical (unpaired) electrons. The minimum absolute atomic E-state index is 0.204. The topological polar surface area (TPSA) is 40.5 Å². The number of rotatable bonds is 2. The normalized spacial score (nSPS) is 24.0. The molecule has 0 aromatic rings. The van der Waals surface area contributed by atoms with Gasteiger partial charge in [0.25, 0.3) is 0 Å². The van der Waals surface area contributed by atoms with Gasteiger partial charge in [0.05, 0.1) is 0 Å². The average molecular weight is 174 g/mol. The lowest BCUT2D eigenvalue weighted by atomic mass is 9.87. The fraction of sp³-hybridized carbons (Fsp3) is 1.00. The fourth-order valence-electron chi connectivity index (χ4n) is 1.90. The lowest BCUT2D eigenvalue weighted by Gasteiger charge is -2.27. The zero-order chi connectivity index (χ0) is 8.27. The Morgan fingerprint density at radius 2 is 1.73 bits per heavy atom. The van der Waals surface area contributed by atoms with Gasteiger partial charge in [-0.15, -0.1) is 0 Å². The highest BCUT2D eigenvalue weighted by molar-refractivity contribution is 6.43. The SMILES string of the molecule is CC(C1CCCCC1)[SiH](O)O. The molecule has 3 heteroatoms. The second kappa shape index (κ2) is 4.23. The Labute approximate surface area is 70.1 Å². The summed E-state index contributed by atoms with van der Waals surface area (Å²) in [6.07, 6.45) is 6.34. The van der Waals surface area contributed by atoms with Crippen molar-refractivity contribution in [1.82, 2.24) is 0 Å². The molecule has 1 atom stereocenters. The van der Waals surface area contributed by atoms with E-state index in [1.54, 1.807) is 0 Å². The molecule has 1 unspecified atom stereocenters. The van der Waals surface area contributed by atoms with Crippen LogP contribution in [0.4, 0.5) is 0 Å². The van der Waals surface area contributed by atoms with Crippen LogP contribution in [0.15, 0.2) is 0 Å². The van der Waals surface area contributed by atoms with Crippen LogP contribution in [0.5, 0.6) is 0 Å². The van der Waals surface area contributed by atoms with E-state index in [-0.39, 0.29) is 5.54 Å². The first-order chi connectivity index (χ1) is 5.22. The third-order valence-corrected chi connectivity index (χ3v) is 4.35. The molecule has 1 rings (SSSR count). The average Bonchev–Trinajstić information content (AvgIpc) is 2.05. The van der Waals surface area contributed by atoms with Gasteiger partial charge in [0, 0.05) is 0 Å². The van der Waals surface area contributed by atoms with Gasteiger partial charge in [-0.25, -0.2) is 0 Å². The Balaban J connectivity index is 2.32. The smallest absolute Gasteiger partial charge is 0.319 e. The molecule has 2 N–H and O–H groups in total. The first-order valence-electron chi connectivity index (χ1n) is 4.58. The minimum atomic E-state index is -2.34. The molecule has 0 spiro atoms. The van der Waals surface area contributed by atoms with Crippen LogP contribution < -0.4 is 0 Å². The zero-order valence-electron chi connectivity index (χ0n) is 7.16. The van der Waals surface area contributed by atoms with Crippen molar-refractivity contribution >= 4 is 9.28 Å². The van der Waals surface area contributed by atoms with Crippen molar-refractivity contribution in [1.29, 1.82) is 0 Å². The summed E-state index contributed by atoms with van der Waals surface area (Å²) in [5, 5.41) is 0. The van der Waals surface area contributed by atoms with Crippen LogP contribution in [0.3, 0.4) is 0 Å². The van der Waals surface area contributed by atoms with Gasteiger partial charge in [0.2, 0.25) is 0 Å². The fourth-order valence-corrected chi connectivity index (χ4v) is 2.78. The standard InChI is InChI=1S/C8H18O2Si/c1-7(11(9)10)8-5-3-2-4-6-8/h7-11H,2-6H2,1H3. The van der Waals surface area contributed by atoms with E-state index in [2.05, 4.69) is 0 Å². The van der Waals surface area contributed by atoms with E-state index in [1.807, 2.05) is 6.92 Å². The van der Waals surface area contributed by atoms with Crippen molar-refractivity contribution in [3.05, 3.63) is 0 Å². The first-order valence-corrected chi connectivity index (χ1v) is 6.28. The molecule has 1 fully saturated rings. The van der Waals surface area contributed by atoms with Crippen molar-refractivity contribution in [2.75, 3.05) is 0 Å². The molecular weight excluding hydrogens is 156 g/mol. The Hall–Kier alpha value is 0.137. The summed E-state index contributed by atoms with van der Waals surface area (Å²) in [6.45, 7) is 1.99. The van der Waals surface area contributed by atoms with Crippen molar-refractivity contribution < 1.29 is 9.59 Å². The summed E-state index contributed by atoms with van der Waals surface area (Å²) in [4.78, 5) is 18.1. The van der Waals surface area contributed by atoms with Gasteiger partial charge in [-0.3, -0.25) is 0 Å². The quantitative estimate of drug-likeness (QED) is 0.617. The Kier molecular flexibility index (Phi) is 3.55. The first kappa shape index (κ1) is 9.23. The maximum absolute atomic E-state index is 9.07. The third kappa shape index (κ3) is 2.58. The van der Waals surface area contributed by atoms with Gasteiger partial charge in [-0.05, 0) is 11.5 Å². The molecule has 2 nitrogen and oxygen atoms in total. The van der Waals surface area contributed by atoms with E-state index in [0.717, 1.165) is 0 Å². The summed E-state index contributed by atoms with van der Waals surface area (Å²) in [5.74, 6) is 0.607. The van der Waals surface area contributed by atoms with Crippen molar-refractivity contribution in [2.45, 2.75) is 44.6 Å². The summed E-state index contributed by atoms with van der Waals surface area (Å²) in [5.41, 5.74) is 0.204. The number of hydrogen-bond acceptors (Lipinski definition) is 2. The maximum Gasteiger partial charge on any atom is 0.319 e. The predicted octanol–water partition coefficient (Wildman–Crippen LogP) is 1.16. The molecule has 1 aliphatic rings. The van der Waals surface area contributed by atoms with Gasteiger partial charge in [-0.1, -0.05) is 39.0 Å². The lowest BCUT2D eigenvalue weighted by molar-refractivity contribution is 0.298. The van der Waals surface area contributed by atoms with Crippen LogP contribution in [0.2, 0.25) is 5.54 Å². The van der Waals surface area contributed by atoms with Crippen LogP contribution >= 0.6 is 0 Å². The van der Waals surface area contributed by atoms with E-state index in [9.17, 15) is 0 Å².